The third-order valence-corrected chi connectivity index (χ3v) is 5.37. The lowest BCUT2D eigenvalue weighted by molar-refractivity contribution is 0.102. The number of benzene rings is 2. The van der Waals surface area contributed by atoms with Gasteiger partial charge in [0.2, 0.25) is 0 Å². The van der Waals surface area contributed by atoms with E-state index in [-0.39, 0.29) is 11.6 Å². The molecule has 0 bridgehead atoms. The summed E-state index contributed by atoms with van der Waals surface area (Å²) in [4.78, 5) is 12.8. The van der Waals surface area contributed by atoms with Crippen LogP contribution in [-0.2, 0) is 6.42 Å². The summed E-state index contributed by atoms with van der Waals surface area (Å²) in [5.74, 6) is -0.363. The van der Waals surface area contributed by atoms with Crippen molar-refractivity contribution in [1.82, 2.24) is 19.8 Å². The zero-order valence-corrected chi connectivity index (χ0v) is 18.1. The summed E-state index contributed by atoms with van der Waals surface area (Å²) in [6.07, 6.45) is 0.734. The van der Waals surface area contributed by atoms with Gasteiger partial charge >= 0.3 is 0 Å². The van der Waals surface area contributed by atoms with E-state index < -0.39 is 0 Å². The number of carbonyl (C=O) groups excluding carboxylic acids is 1. The largest absolute Gasteiger partial charge is 0.320 e. The fourth-order valence-corrected chi connectivity index (χ4v) is 3.63. The van der Waals surface area contributed by atoms with Gasteiger partial charge in [0.05, 0.1) is 17.0 Å². The predicted octanol–water partition coefficient (Wildman–Crippen LogP) is 5.33. The van der Waals surface area contributed by atoms with Crippen molar-refractivity contribution < 1.29 is 4.79 Å². The van der Waals surface area contributed by atoms with E-state index in [4.69, 9.17) is 16.7 Å². The molecule has 0 unspecified atom stereocenters. The van der Waals surface area contributed by atoms with Gasteiger partial charge in [0.15, 0.2) is 11.3 Å². The minimum absolute atomic E-state index is 0.213. The summed E-state index contributed by atoms with van der Waals surface area (Å²) >= 11 is 9.45. The highest BCUT2D eigenvalue weighted by Crippen LogP contribution is 2.29. The molecule has 0 atom stereocenters. The van der Waals surface area contributed by atoms with Crippen LogP contribution >= 0.6 is 27.5 Å². The highest BCUT2D eigenvalue weighted by Gasteiger charge is 2.21. The highest BCUT2D eigenvalue weighted by molar-refractivity contribution is 9.10. The Balaban J connectivity index is 1.78. The van der Waals surface area contributed by atoms with Crippen molar-refractivity contribution >= 4 is 44.8 Å². The van der Waals surface area contributed by atoms with Gasteiger partial charge in [-0.25, -0.2) is 4.52 Å². The summed E-state index contributed by atoms with van der Waals surface area (Å²) in [7, 11) is 0. The van der Waals surface area contributed by atoms with Gasteiger partial charge in [0.25, 0.3) is 5.91 Å². The number of aromatic nitrogens is 4. The molecule has 0 radical (unpaired) electrons. The van der Waals surface area contributed by atoms with Crippen molar-refractivity contribution in [2.45, 2.75) is 20.3 Å². The summed E-state index contributed by atoms with van der Waals surface area (Å²) < 4.78 is 2.69. The van der Waals surface area contributed by atoms with Crippen LogP contribution in [0.3, 0.4) is 0 Å². The van der Waals surface area contributed by atoms with Gasteiger partial charge < -0.3 is 5.32 Å². The van der Waals surface area contributed by atoms with E-state index in [0.717, 1.165) is 27.7 Å². The van der Waals surface area contributed by atoms with Crippen molar-refractivity contribution in [1.29, 1.82) is 0 Å². The lowest BCUT2D eigenvalue weighted by Gasteiger charge is -2.08. The van der Waals surface area contributed by atoms with Crippen LogP contribution in [0.25, 0.3) is 16.8 Å². The van der Waals surface area contributed by atoms with Crippen LogP contribution in [0.4, 0.5) is 5.69 Å². The Labute approximate surface area is 181 Å². The quantitative estimate of drug-likeness (QED) is 0.437. The van der Waals surface area contributed by atoms with Gasteiger partial charge in [-0.15, -0.1) is 10.2 Å². The molecule has 6 nitrogen and oxygen atoms in total. The van der Waals surface area contributed by atoms with Gasteiger partial charge in [0, 0.05) is 15.2 Å². The Hall–Kier alpha value is -2.77. The number of fused-ring (bicyclic) bond motifs is 1. The Morgan fingerprint density at radius 3 is 2.62 bits per heavy atom. The maximum Gasteiger partial charge on any atom is 0.278 e. The van der Waals surface area contributed by atoms with Crippen molar-refractivity contribution in [2.75, 3.05) is 5.32 Å². The number of carbonyl (C=O) groups is 1. The first kappa shape index (κ1) is 19.5. The molecule has 2 heterocycles. The number of nitrogens with one attached hydrogen (secondary N) is 1. The summed E-state index contributed by atoms with van der Waals surface area (Å²) in [5.41, 5.74) is 4.88. The predicted molar refractivity (Wildman–Crippen MR) is 117 cm³/mol. The van der Waals surface area contributed by atoms with Crippen LogP contribution in [0.2, 0.25) is 5.02 Å². The van der Waals surface area contributed by atoms with Gasteiger partial charge in [-0.1, -0.05) is 52.7 Å². The van der Waals surface area contributed by atoms with Gasteiger partial charge in [-0.3, -0.25) is 4.79 Å². The van der Waals surface area contributed by atoms with Crippen molar-refractivity contribution in [3.8, 4) is 11.1 Å². The molecule has 1 amide bonds. The van der Waals surface area contributed by atoms with Crippen LogP contribution in [0.15, 0.2) is 53.0 Å². The Kier molecular flexibility index (Phi) is 5.34. The van der Waals surface area contributed by atoms with Crippen molar-refractivity contribution in [3.05, 3.63) is 75.1 Å². The zero-order chi connectivity index (χ0) is 20.5. The smallest absolute Gasteiger partial charge is 0.278 e. The van der Waals surface area contributed by atoms with Gasteiger partial charge in [-0.2, -0.15) is 5.10 Å². The van der Waals surface area contributed by atoms with E-state index >= 15 is 0 Å². The molecular formula is C21H17BrClN5O. The maximum atomic E-state index is 12.8. The molecule has 1 N–H and O–H groups in total. The van der Waals surface area contributed by atoms with Crippen LogP contribution < -0.4 is 5.32 Å². The third-order valence-electron chi connectivity index (χ3n) is 4.60. The number of hydrogen-bond acceptors (Lipinski definition) is 4. The monoisotopic (exact) mass is 469 g/mol. The standard InChI is InChI=1S/C21H17BrClN5O/c1-3-17-18(13-7-9-14(22)10-8-13)20-26-25-19(12(2)28(20)27-17)21(29)24-16-6-4-5-15(23)11-16/h4-11H,3H2,1-2H3,(H,24,29). The lowest BCUT2D eigenvalue weighted by Crippen LogP contribution is -2.18. The second-order valence-corrected chi connectivity index (χ2v) is 7.87. The zero-order valence-electron chi connectivity index (χ0n) is 15.8. The first-order valence-electron chi connectivity index (χ1n) is 9.05. The van der Waals surface area contributed by atoms with E-state index in [2.05, 4.69) is 31.4 Å². The van der Waals surface area contributed by atoms with Crippen LogP contribution in [0.1, 0.15) is 28.8 Å². The number of aryl methyl sites for hydroxylation is 2. The van der Waals surface area contributed by atoms with Crippen molar-refractivity contribution in [3.63, 3.8) is 0 Å². The Morgan fingerprint density at radius 1 is 1.17 bits per heavy atom. The molecule has 0 aliphatic carbocycles. The van der Waals surface area contributed by atoms with Crippen LogP contribution in [0.5, 0.6) is 0 Å². The second kappa shape index (κ2) is 7.93. The van der Waals surface area contributed by atoms with E-state index in [0.29, 0.717) is 22.1 Å². The molecule has 4 rings (SSSR count). The van der Waals surface area contributed by atoms with Gasteiger partial charge in [-0.05, 0) is 49.2 Å². The first-order chi connectivity index (χ1) is 14.0. The summed E-state index contributed by atoms with van der Waals surface area (Å²) in [5, 5.41) is 16.6. The number of anilines is 1. The molecule has 0 fully saturated rings. The molecule has 4 aromatic rings. The van der Waals surface area contributed by atoms with Gasteiger partial charge in [0.1, 0.15) is 0 Å². The number of rotatable bonds is 4. The minimum Gasteiger partial charge on any atom is -0.320 e. The fraction of sp³-hybridized carbons (Fsp3) is 0.143. The average molecular weight is 471 g/mol. The van der Waals surface area contributed by atoms with E-state index in [9.17, 15) is 4.79 Å². The number of halogens is 2. The molecule has 0 aliphatic rings. The molecule has 0 aliphatic heterocycles. The van der Waals surface area contributed by atoms with E-state index in [1.54, 1.807) is 28.8 Å². The lowest BCUT2D eigenvalue weighted by atomic mass is 10.0. The van der Waals surface area contributed by atoms with Crippen LogP contribution in [0, 0.1) is 6.92 Å². The van der Waals surface area contributed by atoms with E-state index in [1.165, 1.54) is 0 Å². The highest BCUT2D eigenvalue weighted by atomic mass is 79.9. The first-order valence-corrected chi connectivity index (χ1v) is 10.2. The SMILES string of the molecule is CCc1nn2c(C)c(C(=O)Nc3cccc(Cl)c3)nnc2c1-c1ccc(Br)cc1. The van der Waals surface area contributed by atoms with Crippen molar-refractivity contribution in [2.24, 2.45) is 0 Å². The van der Waals surface area contributed by atoms with E-state index in [1.807, 2.05) is 38.1 Å². The molecule has 0 saturated heterocycles. The molecule has 0 saturated carbocycles. The Morgan fingerprint density at radius 2 is 1.93 bits per heavy atom. The number of hydrogen-bond donors (Lipinski definition) is 1. The molecule has 146 valence electrons. The third kappa shape index (κ3) is 3.75. The molecule has 0 spiro atoms. The topological polar surface area (TPSA) is 72.2 Å². The molecule has 2 aromatic carbocycles. The maximum absolute atomic E-state index is 12.8. The number of nitrogens with zero attached hydrogens (tertiary/aromatic N) is 4. The molecule has 2 aromatic heterocycles. The minimum atomic E-state index is -0.363. The Bertz CT molecular complexity index is 1220. The second-order valence-electron chi connectivity index (χ2n) is 6.52. The average Bonchev–Trinajstić information content (AvgIpc) is 3.08. The normalized spacial score (nSPS) is 11.0. The fourth-order valence-electron chi connectivity index (χ4n) is 3.18. The number of amides is 1. The summed E-state index contributed by atoms with van der Waals surface area (Å²) in [6, 6.07) is 14.9. The summed E-state index contributed by atoms with van der Waals surface area (Å²) in [6.45, 7) is 3.85. The molecule has 8 heteroatoms. The molecular weight excluding hydrogens is 454 g/mol. The van der Waals surface area contributed by atoms with Crippen LogP contribution in [-0.4, -0.2) is 25.7 Å². The molecule has 29 heavy (non-hydrogen) atoms.